The highest BCUT2D eigenvalue weighted by atomic mass is 32.2. The monoisotopic (exact) mass is 1400 g/mol. The Morgan fingerprint density at radius 2 is 1.48 bits per heavy atom. The number of aromatic nitrogens is 6. The van der Waals surface area contributed by atoms with Gasteiger partial charge in [0, 0.05) is 48.8 Å². The zero-order valence-corrected chi connectivity index (χ0v) is 54.3. The topological polar surface area (TPSA) is 627 Å². The largest absolute Gasteiger partial charge is 0.441 e. The van der Waals surface area contributed by atoms with E-state index in [1.54, 1.807) is 22.5 Å². The Morgan fingerprint density at radius 1 is 0.789 bits per heavy atom. The van der Waals surface area contributed by atoms with Crippen molar-refractivity contribution in [3.8, 4) is 10.7 Å². The van der Waals surface area contributed by atoms with Crippen molar-refractivity contribution in [1.29, 1.82) is 0 Å². The van der Waals surface area contributed by atoms with Gasteiger partial charge in [0.1, 0.15) is 94.6 Å². The zero-order chi connectivity index (χ0) is 70.1. The fourth-order valence-corrected chi connectivity index (χ4v) is 11.7. The van der Waals surface area contributed by atoms with E-state index in [0.717, 1.165) is 24.7 Å². The van der Waals surface area contributed by atoms with Gasteiger partial charge in [-0.25, -0.2) is 29.7 Å². The van der Waals surface area contributed by atoms with Crippen LogP contribution in [-0.2, 0) is 54.1 Å². The number of amides is 8. The van der Waals surface area contributed by atoms with E-state index in [9.17, 15) is 74.4 Å². The van der Waals surface area contributed by atoms with E-state index in [1.165, 1.54) is 50.4 Å². The van der Waals surface area contributed by atoms with Gasteiger partial charge in [-0.1, -0.05) is 6.92 Å². The number of hydrogen-bond donors (Lipinski definition) is 20. The van der Waals surface area contributed by atoms with Gasteiger partial charge >= 0.3 is 6.09 Å². The molecule has 95 heavy (non-hydrogen) atoms. The molecule has 4 aromatic heterocycles. The van der Waals surface area contributed by atoms with Crippen molar-refractivity contribution in [2.75, 3.05) is 50.6 Å². The van der Waals surface area contributed by atoms with E-state index in [4.69, 9.17) is 52.4 Å². The lowest BCUT2D eigenvalue weighted by molar-refractivity contribution is -0.372. The molecular weight excluding hydrogens is 1320 g/mol. The van der Waals surface area contributed by atoms with E-state index in [-0.39, 0.29) is 54.0 Å². The van der Waals surface area contributed by atoms with Crippen LogP contribution >= 0.6 is 34.4 Å². The number of imidazole rings is 1. The number of hydrogen-bond acceptors (Lipinski definition) is 32. The minimum Gasteiger partial charge on any atom is -0.441 e. The summed E-state index contributed by atoms with van der Waals surface area (Å²) in [5.41, 5.74) is 28.0. The molecule has 6 heterocycles. The van der Waals surface area contributed by atoms with Crippen LogP contribution < -0.4 is 60.6 Å². The molecule has 2 saturated heterocycles. The summed E-state index contributed by atoms with van der Waals surface area (Å²) >= 11 is 4.19. The van der Waals surface area contributed by atoms with Crippen molar-refractivity contribution < 1.29 is 103 Å². The molecule has 0 bridgehead atoms. The first-order valence-electron chi connectivity index (χ1n) is 29.4. The van der Waals surface area contributed by atoms with Crippen molar-refractivity contribution in [2.24, 2.45) is 28.9 Å². The number of anilines is 1. The summed E-state index contributed by atoms with van der Waals surface area (Å²) in [4.78, 5) is 130. The van der Waals surface area contributed by atoms with E-state index >= 15 is 4.79 Å². The zero-order valence-electron chi connectivity index (χ0n) is 51.9. The fourth-order valence-electron chi connectivity index (χ4n) is 9.65. The van der Waals surface area contributed by atoms with Gasteiger partial charge in [-0.3, -0.25) is 33.6 Å². The van der Waals surface area contributed by atoms with Crippen LogP contribution in [0.1, 0.15) is 88.8 Å². The number of nitrogens with zero attached hydrogens (tertiary/aromatic N) is 5. The second-order valence-electron chi connectivity index (χ2n) is 22.1. The van der Waals surface area contributed by atoms with Gasteiger partial charge in [-0.15, -0.1) is 22.7 Å². The molecule has 25 N–H and O–H groups in total. The van der Waals surface area contributed by atoms with Crippen LogP contribution in [-0.4, -0.2) is 261 Å². The highest BCUT2D eigenvalue weighted by molar-refractivity contribution is 7.98. The number of carbonyl (C=O) groups excluding carboxylic acids is 8. The minimum absolute atomic E-state index is 0.00588. The van der Waals surface area contributed by atoms with Crippen molar-refractivity contribution >= 4 is 87.7 Å². The number of aromatic amines is 1. The van der Waals surface area contributed by atoms with Crippen molar-refractivity contribution in [3.05, 3.63) is 56.8 Å². The predicted octanol–water partition coefficient (Wildman–Crippen LogP) is -7.22. The Bertz CT molecular complexity index is 3250. The Morgan fingerprint density at radius 3 is 2.12 bits per heavy atom. The van der Waals surface area contributed by atoms with Crippen LogP contribution in [0.15, 0.2) is 23.3 Å². The number of thiazole rings is 2. The molecule has 0 aliphatic carbocycles. The summed E-state index contributed by atoms with van der Waals surface area (Å²) in [6, 6.07) is -7.85. The average Bonchev–Trinajstić information content (AvgIpc) is 1.31. The van der Waals surface area contributed by atoms with Gasteiger partial charge in [-0.05, 0) is 39.2 Å². The number of primary amides is 3. The second-order valence-corrected chi connectivity index (χ2v) is 24.9. The number of nitrogen functional groups attached to an aromatic ring is 1. The Kier molecular flexibility index (Phi) is 28.8. The first-order valence-corrected chi connectivity index (χ1v) is 32.6. The summed E-state index contributed by atoms with van der Waals surface area (Å²) < 4.78 is 28.7. The van der Waals surface area contributed by atoms with Crippen LogP contribution in [0, 0.1) is 12.8 Å². The molecule has 4 aromatic rings. The highest BCUT2D eigenvalue weighted by Crippen LogP contribution is 2.35. The maximum atomic E-state index is 15.2. The maximum Gasteiger partial charge on any atom is 0.404 e. The molecule has 2 fully saturated rings. The lowest BCUT2D eigenvalue weighted by Crippen LogP contribution is -2.65. The predicted molar refractivity (Wildman–Crippen MR) is 333 cm³/mol. The smallest absolute Gasteiger partial charge is 0.404 e. The van der Waals surface area contributed by atoms with Crippen LogP contribution in [0.3, 0.4) is 0 Å². The molecule has 2 aliphatic rings. The molecule has 2 aliphatic heterocycles. The molecule has 0 radical (unpaired) electrons. The van der Waals surface area contributed by atoms with Crippen molar-refractivity contribution in [2.45, 2.75) is 157 Å². The van der Waals surface area contributed by atoms with Gasteiger partial charge in [-0.2, -0.15) is 11.8 Å². The van der Waals surface area contributed by atoms with E-state index in [0.29, 0.717) is 22.3 Å². The normalized spacial score (nSPS) is 24.1. The van der Waals surface area contributed by atoms with E-state index < -0.39 is 183 Å². The van der Waals surface area contributed by atoms with Crippen LogP contribution in [0.4, 0.5) is 10.6 Å². The molecule has 41 heteroatoms. The molecular formula is C54H81N17O21S3. The lowest BCUT2D eigenvalue weighted by atomic mass is 9.96. The molecule has 19 atom stereocenters. The van der Waals surface area contributed by atoms with Crippen LogP contribution in [0.25, 0.3) is 10.7 Å². The number of rotatable bonds is 35. The van der Waals surface area contributed by atoms with E-state index in [1.807, 2.05) is 6.26 Å². The Hall–Kier alpha value is -7.30. The molecule has 8 amide bonds. The number of aliphatic hydroxyl groups is 8. The summed E-state index contributed by atoms with van der Waals surface area (Å²) in [6.45, 7) is 3.15. The van der Waals surface area contributed by atoms with Gasteiger partial charge in [0.15, 0.2) is 18.7 Å². The Balaban J connectivity index is 1.27. The number of carbonyl (C=O) groups is 8. The van der Waals surface area contributed by atoms with Crippen molar-refractivity contribution in [3.63, 3.8) is 0 Å². The molecule has 38 nitrogen and oxygen atoms in total. The average molecular weight is 1400 g/mol. The first-order chi connectivity index (χ1) is 45.0. The summed E-state index contributed by atoms with van der Waals surface area (Å²) in [5.74, 6) is -7.80. The first kappa shape index (κ1) is 76.7. The molecule has 0 aromatic carbocycles. The summed E-state index contributed by atoms with van der Waals surface area (Å²) in [6.07, 6.45) is -22.3. The van der Waals surface area contributed by atoms with Crippen molar-refractivity contribution in [1.82, 2.24) is 61.8 Å². The molecule has 6 rings (SSSR count). The van der Waals surface area contributed by atoms with Gasteiger partial charge in [0.25, 0.3) is 11.8 Å². The van der Waals surface area contributed by atoms with Gasteiger partial charge in [0.05, 0.1) is 72.7 Å². The van der Waals surface area contributed by atoms with E-state index in [2.05, 4.69) is 61.8 Å². The molecule has 1 unspecified atom stereocenters. The van der Waals surface area contributed by atoms with Gasteiger partial charge in [0.2, 0.25) is 29.5 Å². The summed E-state index contributed by atoms with van der Waals surface area (Å²) in [5, 5.41) is 108. The molecule has 0 saturated carbocycles. The lowest BCUT2D eigenvalue weighted by Gasteiger charge is -2.47. The van der Waals surface area contributed by atoms with Crippen LogP contribution in [0.2, 0.25) is 0 Å². The number of aliphatic hydroxyl groups excluding tert-OH is 8. The number of ether oxygens (including phenoxy) is 5. The maximum absolute atomic E-state index is 15.2. The third kappa shape index (κ3) is 20.4. The third-order valence-electron chi connectivity index (χ3n) is 15.1. The second kappa shape index (κ2) is 35.6. The fraction of sp³-hybridized carbons (Fsp3) is 0.611. The number of nitrogens with two attached hydrogens (primary N) is 5. The quantitative estimate of drug-likeness (QED) is 0.0190. The SMILES string of the molecule is CSCCCNC(=O)c1csc(-c2csc(CCNC(=O)[C@@H](NC(=O)[C@@H](C)[C@H](O)[C@@H](C)NC(=O)C(NC(=O)c3nc([C@H](CC(N)=O)NC[C@H](N)C(N)=O)nc(N)c3C)[C@@H](O[C@@H]3O[C@@H](CO)[C@@H](O)[C@H](O)[C@@H]3O[C@H]3O[C@H](CO)[C@@H](O)[C@H](OC(N)=O)[C@@H]3O)c3cnc[nH]3)[C@@H](C)O)n2)n1. The number of H-pyrrole nitrogens is 1. The van der Waals surface area contributed by atoms with Crippen LogP contribution in [0.5, 0.6) is 0 Å². The van der Waals surface area contributed by atoms with Gasteiger partial charge < -0.3 is 130 Å². The third-order valence-corrected chi connectivity index (χ3v) is 17.5. The number of nitrogens with one attached hydrogen (secondary N) is 7. The minimum atomic E-state index is -2.20. The Labute approximate surface area is 553 Å². The summed E-state index contributed by atoms with van der Waals surface area (Å²) in [7, 11) is 0. The number of thioether (sulfide) groups is 1. The molecule has 526 valence electrons. The highest BCUT2D eigenvalue weighted by Gasteiger charge is 2.54. The standard InChI is InChI=1S/C54H81N17O21S3/c1-19-32(68-45(71-43(19)57)24(11-30(56)75)63-12-23(55)44(58)81)49(85)70-34(40(25-13-60-18-64-25)90-53-42(38(79)36(77)28(14-72)89-53)91-52-39(80)41(92-54(59)87)37(78)29(15-73)88-52)50(86)65-21(3)35(76)20(2)46(82)69-33(22(4)74)48(84)62-9-7-31-66-27(17-94-31)51-67-26(16-95-51)47(83)61-8-6-10-93-5/h13,16-18,20-24,28-29,33-42,52-53,63,72-74,76-80H,6-12,14-15,55H2,1-5H3,(H2,56,75)(H2,58,81)(H2,59,87)(H,60,64)(H,61,83)(H,62,84)(H,65,86)(H,69,82)(H,70,85)(H2,57,68,71)/t20-,21+,22+,23-,24-,28-,29+,33-,34?,35-,36+,37+,38-,39-,40-,41-,42-,52+,53-/m0/s1. The molecule has 0 spiro atoms.